The van der Waals surface area contributed by atoms with E-state index in [0.717, 1.165) is 0 Å². The van der Waals surface area contributed by atoms with Crippen molar-refractivity contribution in [2.45, 2.75) is 0 Å². The van der Waals surface area contributed by atoms with Gasteiger partial charge >= 0.3 is 6.41 Å². The first-order chi connectivity index (χ1) is 3.85. The van der Waals surface area contributed by atoms with E-state index in [9.17, 15) is 4.79 Å². The van der Waals surface area contributed by atoms with Gasteiger partial charge in [0, 0.05) is 0 Å². The highest BCUT2D eigenvalue weighted by Crippen LogP contribution is 1.74. The molecule has 0 fully saturated rings. The fourth-order valence-electron chi connectivity index (χ4n) is 0.310. The van der Waals surface area contributed by atoms with Crippen molar-refractivity contribution in [1.82, 2.24) is 4.90 Å². The van der Waals surface area contributed by atoms with Crippen LogP contribution in [0.1, 0.15) is 0 Å². The van der Waals surface area contributed by atoms with Gasteiger partial charge in [-0.15, -0.1) is 0 Å². The topological polar surface area (TPSA) is 23.0 Å². The van der Waals surface area contributed by atoms with Crippen LogP contribution in [-0.4, -0.2) is 13.0 Å². The molecule has 2 nitrogen and oxygen atoms in total. The van der Waals surface area contributed by atoms with Crippen molar-refractivity contribution in [1.29, 1.82) is 0 Å². The van der Waals surface area contributed by atoms with E-state index in [1.54, 1.807) is 6.08 Å². The van der Waals surface area contributed by atoms with Crippen LogP contribution in [0.5, 0.6) is 0 Å². The molecule has 0 aromatic heterocycles. The summed E-state index contributed by atoms with van der Waals surface area (Å²) in [5.41, 5.74) is 0. The summed E-state index contributed by atoms with van der Waals surface area (Å²) in [6.07, 6.45) is 3.79. The molecule has 1 radical (unpaired) electrons. The lowest BCUT2D eigenvalue weighted by atomic mass is 10.6. The Balaban J connectivity index is 3.50. The molecule has 1 amide bonds. The summed E-state index contributed by atoms with van der Waals surface area (Å²) in [7, 11) is 0. The maximum atomic E-state index is 9.93. The Hall–Kier alpha value is -0.890. The van der Waals surface area contributed by atoms with Gasteiger partial charge in [0.15, 0.2) is 6.54 Å². The molecule has 0 aromatic carbocycles. The van der Waals surface area contributed by atoms with Crippen molar-refractivity contribution >= 4 is 6.41 Å². The van der Waals surface area contributed by atoms with Crippen LogP contribution in [0.15, 0.2) is 25.4 Å². The maximum absolute atomic E-state index is 9.93. The standard InChI is InChI=1S/C6H9NO/c1-3-5-7(4-2)6-8/h3-4,6H,1-2,5H2/q+1. The zero-order chi connectivity index (χ0) is 6.41. The first-order valence-corrected chi connectivity index (χ1v) is 2.29. The van der Waals surface area contributed by atoms with Crippen molar-refractivity contribution in [3.63, 3.8) is 0 Å². The predicted octanol–water partition coefficient (Wildman–Crippen LogP) is 0.612. The van der Waals surface area contributed by atoms with Gasteiger partial charge in [-0.2, -0.15) is 0 Å². The first kappa shape index (κ1) is 7.11. The lowest BCUT2D eigenvalue weighted by Gasteiger charge is -1.88. The molecule has 0 aromatic rings. The smallest absolute Gasteiger partial charge is 0.228 e. The fraction of sp³-hybridized carbons (Fsp3) is 0.167. The Morgan fingerprint density at radius 2 is 2.12 bits per heavy atom. The zero-order valence-corrected chi connectivity index (χ0v) is 4.71. The van der Waals surface area contributed by atoms with E-state index in [0.29, 0.717) is 13.0 Å². The van der Waals surface area contributed by atoms with Crippen molar-refractivity contribution in [3.8, 4) is 0 Å². The van der Waals surface area contributed by atoms with Crippen LogP contribution in [-0.2, 0) is 4.79 Å². The molecule has 0 atom stereocenters. The van der Waals surface area contributed by atoms with E-state index in [2.05, 4.69) is 13.2 Å². The van der Waals surface area contributed by atoms with Crippen LogP contribution in [0, 0.1) is 0 Å². The minimum atomic E-state index is 0.535. The van der Waals surface area contributed by atoms with Crippen molar-refractivity contribution in [3.05, 3.63) is 25.4 Å². The van der Waals surface area contributed by atoms with E-state index in [1.807, 2.05) is 0 Å². The average molecular weight is 111 g/mol. The van der Waals surface area contributed by atoms with E-state index < -0.39 is 0 Å². The molecule has 0 aliphatic heterocycles. The summed E-state index contributed by atoms with van der Waals surface area (Å²) in [4.78, 5) is 11.3. The summed E-state index contributed by atoms with van der Waals surface area (Å²) in [6.45, 7) is 7.38. The van der Waals surface area contributed by atoms with Crippen LogP contribution >= 0.6 is 0 Å². The molecule has 0 spiro atoms. The average Bonchev–Trinajstić information content (AvgIpc) is 1.83. The third kappa shape index (κ3) is 2.31. The van der Waals surface area contributed by atoms with Gasteiger partial charge in [0.1, 0.15) is 6.20 Å². The largest absolute Gasteiger partial charge is 0.354 e. The van der Waals surface area contributed by atoms with Crippen molar-refractivity contribution in [2.75, 3.05) is 6.54 Å². The van der Waals surface area contributed by atoms with Crippen molar-refractivity contribution < 1.29 is 4.79 Å². The molecule has 0 aliphatic rings. The molecule has 0 aliphatic carbocycles. The Labute approximate surface area is 49.1 Å². The Morgan fingerprint density at radius 1 is 1.50 bits per heavy atom. The normalized spacial score (nSPS) is 8.62. The van der Waals surface area contributed by atoms with Gasteiger partial charge < -0.3 is 0 Å². The van der Waals surface area contributed by atoms with Crippen LogP contribution in [0.2, 0.25) is 0 Å². The van der Waals surface area contributed by atoms with Crippen molar-refractivity contribution in [2.24, 2.45) is 0 Å². The fourth-order valence-corrected chi connectivity index (χ4v) is 0.310. The number of hydrogen-bond donors (Lipinski definition) is 0. The van der Waals surface area contributed by atoms with Gasteiger partial charge in [-0.1, -0.05) is 11.5 Å². The molecule has 2 heteroatoms. The summed E-state index contributed by atoms with van der Waals surface area (Å²) < 4.78 is 0. The molecule has 43 valence electrons. The summed E-state index contributed by atoms with van der Waals surface area (Å²) >= 11 is 0. The highest BCUT2D eigenvalue weighted by atomic mass is 16.1. The molecule has 0 N–H and O–H groups in total. The minimum Gasteiger partial charge on any atom is -0.228 e. The predicted molar refractivity (Wildman–Crippen MR) is 33.5 cm³/mol. The number of carbonyl (C=O) groups excluding carboxylic acids is 1. The second-order valence-corrected chi connectivity index (χ2v) is 1.27. The minimum absolute atomic E-state index is 0.535. The van der Waals surface area contributed by atoms with E-state index in [1.165, 1.54) is 11.1 Å². The van der Waals surface area contributed by atoms with Gasteiger partial charge in [0.25, 0.3) is 0 Å². The van der Waals surface area contributed by atoms with E-state index in [4.69, 9.17) is 0 Å². The quantitative estimate of drug-likeness (QED) is 0.296. The molecule has 0 rings (SSSR count). The number of amides is 1. The second kappa shape index (κ2) is 4.27. The van der Waals surface area contributed by atoms with Crippen LogP contribution in [0.3, 0.4) is 0 Å². The van der Waals surface area contributed by atoms with Crippen LogP contribution in [0.25, 0.3) is 0 Å². The molecule has 8 heavy (non-hydrogen) atoms. The third-order valence-electron chi connectivity index (χ3n) is 0.710. The monoisotopic (exact) mass is 111 g/mol. The summed E-state index contributed by atoms with van der Waals surface area (Å²) in [5, 5.41) is 0. The molecular weight excluding hydrogens is 102 g/mol. The lowest BCUT2D eigenvalue weighted by molar-refractivity contribution is -0.111. The van der Waals surface area contributed by atoms with Gasteiger partial charge in [-0.05, 0) is 12.7 Å². The second-order valence-electron chi connectivity index (χ2n) is 1.27. The number of nitrogens with zero attached hydrogens (tertiary/aromatic N) is 1. The van der Waals surface area contributed by atoms with Gasteiger partial charge in [-0.3, -0.25) is 0 Å². The Bertz CT molecular complexity index is 90.7. The summed E-state index contributed by atoms with van der Waals surface area (Å²) in [5.74, 6) is 0. The molecular formula is C6H9NO+. The van der Waals surface area contributed by atoms with Gasteiger partial charge in [0.2, 0.25) is 0 Å². The maximum Gasteiger partial charge on any atom is 0.354 e. The van der Waals surface area contributed by atoms with Gasteiger partial charge in [0.05, 0.1) is 0 Å². The lowest BCUT2D eigenvalue weighted by Crippen LogP contribution is -2.20. The SMILES string of the molecule is C=CC[N+](C=C)C=O. The van der Waals surface area contributed by atoms with Crippen LogP contribution in [0.4, 0.5) is 0 Å². The Kier molecular flexibility index (Phi) is 3.80. The first-order valence-electron chi connectivity index (χ1n) is 2.29. The summed E-state index contributed by atoms with van der Waals surface area (Å²) in [6, 6.07) is 0. The van der Waals surface area contributed by atoms with Crippen LogP contribution < -0.4 is 4.90 Å². The molecule has 0 unspecified atom stereocenters. The molecule has 0 bridgehead atoms. The molecule has 0 saturated heterocycles. The Morgan fingerprint density at radius 3 is 2.25 bits per heavy atom. The zero-order valence-electron chi connectivity index (χ0n) is 4.71. The molecule has 0 saturated carbocycles. The number of carbonyl (C=O) groups is 1. The van der Waals surface area contributed by atoms with Gasteiger partial charge in [-0.25, -0.2) is 4.79 Å². The van der Waals surface area contributed by atoms with E-state index in [-0.39, 0.29) is 0 Å². The highest BCUT2D eigenvalue weighted by molar-refractivity contribution is 5.52. The number of rotatable bonds is 4. The third-order valence-corrected chi connectivity index (χ3v) is 0.710. The number of hydrogen-bond acceptors (Lipinski definition) is 1. The van der Waals surface area contributed by atoms with E-state index >= 15 is 0 Å². The highest BCUT2D eigenvalue weighted by Gasteiger charge is 2.01. The molecule has 0 heterocycles.